The highest BCUT2D eigenvalue weighted by Crippen LogP contribution is 2.31. The molecular formula is C25H28F2N2O2. The van der Waals surface area contributed by atoms with Crippen molar-refractivity contribution in [2.75, 3.05) is 38.2 Å². The van der Waals surface area contributed by atoms with Crippen molar-refractivity contribution in [2.24, 2.45) is 0 Å². The van der Waals surface area contributed by atoms with Crippen molar-refractivity contribution in [2.45, 2.75) is 19.3 Å². The lowest BCUT2D eigenvalue weighted by molar-refractivity contribution is -0.118. The van der Waals surface area contributed by atoms with Gasteiger partial charge in [0.05, 0.1) is 6.42 Å². The molecule has 2 aromatic rings. The molecule has 1 aliphatic heterocycles. The molecule has 0 N–H and O–H groups in total. The van der Waals surface area contributed by atoms with Crippen LogP contribution >= 0.6 is 0 Å². The number of amides is 1. The normalized spacial score (nSPS) is 13.5. The number of benzene rings is 2. The molecule has 0 spiro atoms. The molecule has 0 radical (unpaired) electrons. The number of nitrogens with zero attached hydrogens (tertiary/aromatic N) is 2. The number of hydrogen-bond acceptors (Lipinski definition) is 3. The summed E-state index contributed by atoms with van der Waals surface area (Å²) in [5, 5.41) is 0. The van der Waals surface area contributed by atoms with Crippen LogP contribution in [0.3, 0.4) is 0 Å². The number of carbonyl (C=O) groups is 1. The molecule has 0 saturated carbocycles. The van der Waals surface area contributed by atoms with Gasteiger partial charge in [-0.3, -0.25) is 9.69 Å². The first kappa shape index (κ1) is 22.7. The van der Waals surface area contributed by atoms with Gasteiger partial charge in [0.25, 0.3) is 0 Å². The number of likely N-dealkylation sites (N-methyl/N-ethyl adjacent to an activating group) is 1. The Bertz CT molecular complexity index is 959. The van der Waals surface area contributed by atoms with Crippen molar-refractivity contribution in [1.82, 2.24) is 4.90 Å². The highest BCUT2D eigenvalue weighted by Gasteiger charge is 2.24. The topological polar surface area (TPSA) is 32.8 Å². The Kier molecular flexibility index (Phi) is 7.95. The average molecular weight is 427 g/mol. The number of anilines is 1. The molecule has 0 atom stereocenters. The van der Waals surface area contributed by atoms with Crippen LogP contribution in [-0.4, -0.2) is 44.1 Å². The first-order chi connectivity index (χ1) is 15.0. The smallest absolute Gasteiger partial charge is 0.231 e. The predicted molar refractivity (Wildman–Crippen MR) is 120 cm³/mol. The van der Waals surface area contributed by atoms with Crippen LogP contribution in [0.15, 0.2) is 61.2 Å². The number of ether oxygens (including phenoxy) is 1. The van der Waals surface area contributed by atoms with Gasteiger partial charge in [0, 0.05) is 31.4 Å². The van der Waals surface area contributed by atoms with Crippen molar-refractivity contribution in [1.29, 1.82) is 0 Å². The van der Waals surface area contributed by atoms with Crippen LogP contribution in [0.5, 0.6) is 5.75 Å². The molecule has 0 bridgehead atoms. The first-order valence-corrected chi connectivity index (χ1v) is 10.4. The Balaban J connectivity index is 1.61. The molecule has 1 heterocycles. The number of hydrogen-bond donors (Lipinski definition) is 0. The summed E-state index contributed by atoms with van der Waals surface area (Å²) in [6, 6.07) is 9.00. The second-order valence-corrected chi connectivity index (χ2v) is 7.64. The molecular weight excluding hydrogens is 398 g/mol. The SMILES string of the molecule is C=CCN(C)C/C=C/COc1ccc2c(c1)CCCN2C(=O)Cc1ccc(F)cc1F. The van der Waals surface area contributed by atoms with Crippen LogP contribution in [0.4, 0.5) is 14.5 Å². The maximum Gasteiger partial charge on any atom is 0.231 e. The quantitative estimate of drug-likeness (QED) is 0.552. The van der Waals surface area contributed by atoms with E-state index in [1.807, 2.05) is 37.4 Å². The molecule has 164 valence electrons. The number of rotatable bonds is 9. The van der Waals surface area contributed by atoms with Gasteiger partial charge in [-0.05, 0) is 55.3 Å². The minimum absolute atomic E-state index is 0.102. The van der Waals surface area contributed by atoms with Gasteiger partial charge in [0.2, 0.25) is 5.91 Å². The zero-order valence-electron chi connectivity index (χ0n) is 17.8. The number of halogens is 2. The lowest BCUT2D eigenvalue weighted by atomic mass is 10.00. The third-order valence-electron chi connectivity index (χ3n) is 5.20. The van der Waals surface area contributed by atoms with Crippen molar-refractivity contribution in [3.63, 3.8) is 0 Å². The van der Waals surface area contributed by atoms with E-state index in [9.17, 15) is 13.6 Å². The molecule has 3 rings (SSSR count). The van der Waals surface area contributed by atoms with Crippen LogP contribution in [0.1, 0.15) is 17.5 Å². The van der Waals surface area contributed by atoms with Gasteiger partial charge < -0.3 is 9.64 Å². The fourth-order valence-electron chi connectivity index (χ4n) is 3.61. The summed E-state index contributed by atoms with van der Waals surface area (Å²) in [6.45, 7) is 6.42. The van der Waals surface area contributed by atoms with E-state index in [1.165, 1.54) is 12.1 Å². The Morgan fingerprint density at radius 3 is 2.81 bits per heavy atom. The van der Waals surface area contributed by atoms with Gasteiger partial charge in [-0.1, -0.05) is 24.3 Å². The minimum atomic E-state index is -0.696. The fourth-order valence-corrected chi connectivity index (χ4v) is 3.61. The van der Waals surface area contributed by atoms with Crippen LogP contribution in [-0.2, 0) is 17.6 Å². The molecule has 0 aliphatic carbocycles. The van der Waals surface area contributed by atoms with Crippen molar-refractivity contribution >= 4 is 11.6 Å². The van der Waals surface area contributed by atoms with E-state index in [4.69, 9.17) is 4.74 Å². The van der Waals surface area contributed by atoms with Gasteiger partial charge in [-0.25, -0.2) is 8.78 Å². The van der Waals surface area contributed by atoms with Crippen molar-refractivity contribution in [3.05, 3.63) is 84.0 Å². The summed E-state index contributed by atoms with van der Waals surface area (Å²) in [4.78, 5) is 16.6. The number of carbonyl (C=O) groups excluding carboxylic acids is 1. The summed E-state index contributed by atoms with van der Waals surface area (Å²) >= 11 is 0. The summed E-state index contributed by atoms with van der Waals surface area (Å²) < 4.78 is 32.9. The minimum Gasteiger partial charge on any atom is -0.490 e. The van der Waals surface area contributed by atoms with Gasteiger partial charge in [-0.15, -0.1) is 6.58 Å². The second-order valence-electron chi connectivity index (χ2n) is 7.64. The van der Waals surface area contributed by atoms with Gasteiger partial charge in [-0.2, -0.15) is 0 Å². The van der Waals surface area contributed by atoms with Gasteiger partial charge in [0.15, 0.2) is 0 Å². The Morgan fingerprint density at radius 1 is 1.19 bits per heavy atom. The molecule has 0 unspecified atom stereocenters. The summed E-state index contributed by atoms with van der Waals surface area (Å²) in [6.07, 6.45) is 7.46. The van der Waals surface area contributed by atoms with E-state index < -0.39 is 11.6 Å². The van der Waals surface area contributed by atoms with Crippen molar-refractivity contribution in [3.8, 4) is 5.75 Å². The zero-order valence-corrected chi connectivity index (χ0v) is 17.8. The molecule has 0 fully saturated rings. The third-order valence-corrected chi connectivity index (χ3v) is 5.20. The summed E-state index contributed by atoms with van der Waals surface area (Å²) in [5.74, 6) is -0.797. The predicted octanol–water partition coefficient (Wildman–Crippen LogP) is 4.54. The average Bonchev–Trinajstić information content (AvgIpc) is 2.75. The third kappa shape index (κ3) is 6.25. The molecule has 1 aliphatic rings. The maximum absolute atomic E-state index is 13.9. The van der Waals surface area contributed by atoms with E-state index in [0.29, 0.717) is 13.2 Å². The lowest BCUT2D eigenvalue weighted by Gasteiger charge is -2.30. The van der Waals surface area contributed by atoms with E-state index in [-0.39, 0.29) is 17.9 Å². The van der Waals surface area contributed by atoms with E-state index in [1.54, 1.807) is 4.90 Å². The second kappa shape index (κ2) is 10.9. The van der Waals surface area contributed by atoms with Crippen LogP contribution in [0, 0.1) is 11.6 Å². The zero-order chi connectivity index (χ0) is 22.2. The Morgan fingerprint density at radius 2 is 2.03 bits per heavy atom. The molecule has 2 aromatic carbocycles. The lowest BCUT2D eigenvalue weighted by Crippen LogP contribution is -2.36. The highest BCUT2D eigenvalue weighted by molar-refractivity contribution is 5.96. The van der Waals surface area contributed by atoms with E-state index >= 15 is 0 Å². The monoisotopic (exact) mass is 426 g/mol. The Labute approximate surface area is 182 Å². The van der Waals surface area contributed by atoms with Gasteiger partial charge in [0.1, 0.15) is 24.0 Å². The van der Waals surface area contributed by atoms with Crippen molar-refractivity contribution < 1.29 is 18.3 Å². The van der Waals surface area contributed by atoms with Crippen LogP contribution in [0.25, 0.3) is 0 Å². The molecule has 4 nitrogen and oxygen atoms in total. The number of fused-ring (bicyclic) bond motifs is 1. The molecule has 0 aromatic heterocycles. The largest absolute Gasteiger partial charge is 0.490 e. The van der Waals surface area contributed by atoms with Crippen LogP contribution in [0.2, 0.25) is 0 Å². The molecule has 1 amide bonds. The first-order valence-electron chi connectivity index (χ1n) is 10.4. The number of aryl methyl sites for hydroxylation is 1. The Hall–Kier alpha value is -2.99. The molecule has 0 saturated heterocycles. The molecule has 31 heavy (non-hydrogen) atoms. The fraction of sp³-hybridized carbons (Fsp3) is 0.320. The van der Waals surface area contributed by atoms with E-state index in [0.717, 1.165) is 49.0 Å². The van der Waals surface area contributed by atoms with Gasteiger partial charge >= 0.3 is 0 Å². The highest BCUT2D eigenvalue weighted by atomic mass is 19.1. The standard InChI is InChI=1S/C25H28F2N2O2/c1-3-12-28(2)13-4-5-15-31-22-10-11-24-20(16-22)7-6-14-29(24)25(30)17-19-8-9-21(26)18-23(19)27/h3-5,8-11,16,18H,1,6-7,12-15,17H2,2H3/b5-4+. The molecule has 6 heteroatoms. The maximum atomic E-state index is 13.9. The summed E-state index contributed by atoms with van der Waals surface area (Å²) in [5.41, 5.74) is 2.06. The van der Waals surface area contributed by atoms with Crippen LogP contribution < -0.4 is 9.64 Å². The van der Waals surface area contributed by atoms with E-state index in [2.05, 4.69) is 17.6 Å². The summed E-state index contributed by atoms with van der Waals surface area (Å²) in [7, 11) is 2.02.